The van der Waals surface area contributed by atoms with Gasteiger partial charge in [-0.3, -0.25) is 4.79 Å². The molecule has 4 nitrogen and oxygen atoms in total. The molecule has 0 fully saturated rings. The largest absolute Gasteiger partial charge is 0.481 e. The van der Waals surface area contributed by atoms with Crippen molar-refractivity contribution in [1.29, 1.82) is 0 Å². The van der Waals surface area contributed by atoms with Crippen LogP contribution in [0.25, 0.3) is 11.1 Å². The summed E-state index contributed by atoms with van der Waals surface area (Å²) in [4.78, 5) is 17.3. The van der Waals surface area contributed by atoms with E-state index in [0.717, 1.165) is 30.3 Å². The number of halogens is 6. The molecule has 0 amide bonds. The average Bonchev–Trinajstić information content (AvgIpc) is 2.89. The van der Waals surface area contributed by atoms with Crippen LogP contribution in [0.15, 0.2) is 89.9 Å². The molecule has 1 heterocycles. The second-order valence-corrected chi connectivity index (χ2v) is 8.85. The van der Waals surface area contributed by atoms with Gasteiger partial charge < -0.3 is 10.0 Å². The van der Waals surface area contributed by atoms with Gasteiger partial charge in [0.05, 0.1) is 23.6 Å². The van der Waals surface area contributed by atoms with E-state index >= 15 is 4.39 Å². The van der Waals surface area contributed by atoms with Crippen molar-refractivity contribution in [3.8, 4) is 11.1 Å². The van der Waals surface area contributed by atoms with Crippen LogP contribution < -0.4 is 4.90 Å². The summed E-state index contributed by atoms with van der Waals surface area (Å²) in [6, 6.07) is 16.0. The zero-order valence-corrected chi connectivity index (χ0v) is 19.9. The third-order valence-electron chi connectivity index (χ3n) is 6.34. The number of hydrogen-bond acceptors (Lipinski definition) is 3. The van der Waals surface area contributed by atoms with Crippen molar-refractivity contribution in [2.75, 3.05) is 4.90 Å². The second-order valence-electron chi connectivity index (χ2n) is 8.85. The van der Waals surface area contributed by atoms with Crippen LogP contribution in [0.2, 0.25) is 0 Å². The minimum absolute atomic E-state index is 0.105. The monoisotopic (exact) mass is 540 g/mol. The minimum atomic E-state index is -4.71. The first kappa shape index (κ1) is 26.0. The van der Waals surface area contributed by atoms with Gasteiger partial charge in [0, 0.05) is 11.3 Å². The number of benzene rings is 4. The van der Waals surface area contributed by atoms with E-state index in [2.05, 4.69) is 4.99 Å². The van der Waals surface area contributed by atoms with Crippen molar-refractivity contribution in [2.24, 2.45) is 4.99 Å². The summed E-state index contributed by atoms with van der Waals surface area (Å²) >= 11 is 0. The van der Waals surface area contributed by atoms with Gasteiger partial charge in [-0.15, -0.1) is 0 Å². The Labute approximate surface area is 218 Å². The summed E-state index contributed by atoms with van der Waals surface area (Å²) in [5.41, 5.74) is -0.528. The van der Waals surface area contributed by atoms with Gasteiger partial charge >= 0.3 is 12.1 Å². The normalized spacial score (nSPS) is 15.1. The SMILES string of the molecule is O=C(O)CC1c2cccc(F)c2N=C(c2ccc(-c3ccc(F)cc3)cc2F)N1c1cccc(C(F)(F)F)c1. The average molecular weight is 540 g/mol. The van der Waals surface area contributed by atoms with Crippen molar-refractivity contribution in [3.63, 3.8) is 0 Å². The number of rotatable bonds is 5. The van der Waals surface area contributed by atoms with Crippen molar-refractivity contribution < 1.29 is 36.2 Å². The molecule has 0 saturated heterocycles. The van der Waals surface area contributed by atoms with Crippen molar-refractivity contribution in [3.05, 3.63) is 119 Å². The molecule has 0 aliphatic carbocycles. The Bertz CT molecular complexity index is 1600. The fourth-order valence-corrected chi connectivity index (χ4v) is 4.57. The topological polar surface area (TPSA) is 52.9 Å². The number of alkyl halides is 3. The zero-order valence-electron chi connectivity index (χ0n) is 19.9. The van der Waals surface area contributed by atoms with Crippen LogP contribution in [0.3, 0.4) is 0 Å². The predicted molar refractivity (Wildman–Crippen MR) is 133 cm³/mol. The number of para-hydroxylation sites is 1. The lowest BCUT2D eigenvalue weighted by Crippen LogP contribution is -2.39. The number of amidine groups is 1. The van der Waals surface area contributed by atoms with Gasteiger partial charge in [0.2, 0.25) is 0 Å². The van der Waals surface area contributed by atoms with E-state index in [-0.39, 0.29) is 28.3 Å². The van der Waals surface area contributed by atoms with Crippen LogP contribution in [-0.4, -0.2) is 16.9 Å². The Morgan fingerprint density at radius 3 is 2.21 bits per heavy atom. The Kier molecular flexibility index (Phi) is 6.63. The number of nitrogens with zero attached hydrogens (tertiary/aromatic N) is 2. The molecule has 1 atom stereocenters. The molecule has 1 N–H and O–H groups in total. The number of aliphatic carboxylic acids is 1. The number of carboxylic acids is 1. The fraction of sp³-hybridized carbons (Fsp3) is 0.103. The van der Waals surface area contributed by atoms with Crippen LogP contribution in [-0.2, 0) is 11.0 Å². The smallest absolute Gasteiger partial charge is 0.416 e. The molecule has 10 heteroatoms. The molecule has 4 aromatic rings. The summed E-state index contributed by atoms with van der Waals surface area (Å²) in [5.74, 6) is -3.69. The standard InChI is InChI=1S/C29H18F6N2O2/c30-19-10-7-16(8-11-19)17-9-12-21(24(32)13-17)28-36-27-22(5-2-6-23(27)31)25(15-26(38)39)37(28)20-4-1-3-18(14-20)29(33,34)35/h1-14,25H,15H2,(H,38,39). The van der Waals surface area contributed by atoms with Crippen molar-refractivity contribution in [2.45, 2.75) is 18.6 Å². The molecule has 0 aromatic heterocycles. The maximum atomic E-state index is 15.7. The van der Waals surface area contributed by atoms with Crippen LogP contribution in [0, 0.1) is 17.5 Å². The van der Waals surface area contributed by atoms with E-state index in [1.165, 1.54) is 59.5 Å². The Balaban J connectivity index is 1.72. The van der Waals surface area contributed by atoms with Gasteiger partial charge in [0.15, 0.2) is 0 Å². The van der Waals surface area contributed by atoms with Crippen LogP contribution >= 0.6 is 0 Å². The highest BCUT2D eigenvalue weighted by atomic mass is 19.4. The zero-order chi connectivity index (χ0) is 27.9. The Morgan fingerprint density at radius 2 is 1.54 bits per heavy atom. The third-order valence-corrected chi connectivity index (χ3v) is 6.34. The lowest BCUT2D eigenvalue weighted by atomic mass is 9.94. The van der Waals surface area contributed by atoms with Crippen LogP contribution in [0.4, 0.5) is 37.7 Å². The minimum Gasteiger partial charge on any atom is -0.481 e. The van der Waals surface area contributed by atoms with Crippen LogP contribution in [0.1, 0.15) is 29.2 Å². The molecule has 5 rings (SSSR count). The van der Waals surface area contributed by atoms with E-state index in [9.17, 15) is 31.9 Å². The number of carbonyl (C=O) groups is 1. The molecule has 198 valence electrons. The molecular formula is C29H18F6N2O2. The highest BCUT2D eigenvalue weighted by Crippen LogP contribution is 2.44. The van der Waals surface area contributed by atoms with Gasteiger partial charge in [0.1, 0.15) is 29.0 Å². The third kappa shape index (κ3) is 5.09. The highest BCUT2D eigenvalue weighted by Gasteiger charge is 2.37. The lowest BCUT2D eigenvalue weighted by molar-refractivity contribution is -0.138. The molecular weight excluding hydrogens is 522 g/mol. The quantitative estimate of drug-likeness (QED) is 0.262. The van der Waals surface area contributed by atoms with Crippen LogP contribution in [0.5, 0.6) is 0 Å². The number of anilines is 1. The van der Waals surface area contributed by atoms with E-state index in [1.54, 1.807) is 0 Å². The number of aliphatic imine (C=N–C) groups is 1. The summed E-state index contributed by atoms with van der Waals surface area (Å²) in [5, 5.41) is 9.66. The summed E-state index contributed by atoms with van der Waals surface area (Å²) in [6.07, 6.45) is -5.35. The predicted octanol–water partition coefficient (Wildman–Crippen LogP) is 7.90. The van der Waals surface area contributed by atoms with E-state index < -0.39 is 47.6 Å². The molecule has 39 heavy (non-hydrogen) atoms. The summed E-state index contributed by atoms with van der Waals surface area (Å²) < 4.78 is 84.6. The molecule has 1 aliphatic heterocycles. The molecule has 4 aromatic carbocycles. The van der Waals surface area contributed by atoms with E-state index in [4.69, 9.17) is 0 Å². The Hall–Kier alpha value is -4.60. The highest BCUT2D eigenvalue weighted by molar-refractivity contribution is 6.13. The number of carboxylic acid groups (broad SMARTS) is 1. The summed E-state index contributed by atoms with van der Waals surface area (Å²) in [7, 11) is 0. The van der Waals surface area contributed by atoms with Gasteiger partial charge in [0.25, 0.3) is 0 Å². The molecule has 0 bridgehead atoms. The van der Waals surface area contributed by atoms with Gasteiger partial charge in [-0.2, -0.15) is 13.2 Å². The first-order chi connectivity index (χ1) is 18.5. The molecule has 0 radical (unpaired) electrons. The molecule has 0 saturated carbocycles. The maximum Gasteiger partial charge on any atom is 0.416 e. The molecule has 1 aliphatic rings. The number of hydrogen-bond donors (Lipinski definition) is 1. The van der Waals surface area contributed by atoms with Gasteiger partial charge in [-0.05, 0) is 59.7 Å². The first-order valence-corrected chi connectivity index (χ1v) is 11.6. The number of fused-ring (bicyclic) bond motifs is 1. The van der Waals surface area contributed by atoms with E-state index in [1.807, 2.05) is 0 Å². The molecule has 0 spiro atoms. The maximum absolute atomic E-state index is 15.7. The van der Waals surface area contributed by atoms with Gasteiger partial charge in [-0.25, -0.2) is 18.2 Å². The van der Waals surface area contributed by atoms with E-state index in [0.29, 0.717) is 11.1 Å². The fourth-order valence-electron chi connectivity index (χ4n) is 4.57. The van der Waals surface area contributed by atoms with Crippen molar-refractivity contribution >= 4 is 23.2 Å². The van der Waals surface area contributed by atoms with Crippen molar-refractivity contribution in [1.82, 2.24) is 0 Å². The molecule has 1 unspecified atom stereocenters. The van der Waals surface area contributed by atoms with Gasteiger partial charge in [-0.1, -0.05) is 36.4 Å². The second kappa shape index (κ2) is 9.94. The summed E-state index contributed by atoms with van der Waals surface area (Å²) in [6.45, 7) is 0. The Morgan fingerprint density at radius 1 is 0.846 bits per heavy atom. The lowest BCUT2D eigenvalue weighted by Gasteiger charge is -2.38. The first-order valence-electron chi connectivity index (χ1n) is 11.6.